The molecule has 28 heavy (non-hydrogen) atoms. The molecule has 0 bridgehead atoms. The van der Waals surface area contributed by atoms with E-state index in [1.165, 1.54) is 11.1 Å². The van der Waals surface area contributed by atoms with Gasteiger partial charge in [-0.15, -0.1) is 0 Å². The number of fused-ring (bicyclic) bond motifs is 1. The van der Waals surface area contributed by atoms with Crippen molar-refractivity contribution >= 4 is 29.2 Å². The van der Waals surface area contributed by atoms with Gasteiger partial charge in [-0.25, -0.2) is 15.0 Å². The Bertz CT molecular complexity index is 824. The second-order valence-corrected chi connectivity index (χ2v) is 7.19. The highest BCUT2D eigenvalue weighted by Gasteiger charge is 2.21. The minimum absolute atomic E-state index is 0.139. The highest BCUT2D eigenvalue weighted by Crippen LogP contribution is 2.23. The Morgan fingerprint density at radius 3 is 2.43 bits per heavy atom. The molecule has 0 fully saturated rings. The number of aliphatic imine (C=N–C) groups is 1. The van der Waals surface area contributed by atoms with Crippen molar-refractivity contribution < 1.29 is 4.74 Å². The molecule has 0 amide bonds. The molecule has 1 aliphatic rings. The third kappa shape index (κ3) is 5.71. The second kappa shape index (κ2) is 9.57. The van der Waals surface area contributed by atoms with Crippen LogP contribution in [0.25, 0.3) is 0 Å². The number of guanidine groups is 1. The van der Waals surface area contributed by atoms with Crippen LogP contribution in [0.15, 0.2) is 35.3 Å². The SMILES string of the molecule is COCCNC(=S)NC(=NC1Cc2ccccc2C1)Nc1nc(C)cc(C)n1. The number of nitrogens with one attached hydrogen (secondary N) is 3. The smallest absolute Gasteiger partial charge is 0.229 e. The number of nitrogens with zero attached hydrogens (tertiary/aromatic N) is 3. The summed E-state index contributed by atoms with van der Waals surface area (Å²) in [5.41, 5.74) is 4.48. The van der Waals surface area contributed by atoms with E-state index in [0.29, 0.717) is 30.2 Å². The van der Waals surface area contributed by atoms with E-state index in [2.05, 4.69) is 50.2 Å². The van der Waals surface area contributed by atoms with E-state index >= 15 is 0 Å². The first-order chi connectivity index (χ1) is 13.5. The van der Waals surface area contributed by atoms with Gasteiger partial charge >= 0.3 is 0 Å². The molecule has 3 N–H and O–H groups in total. The largest absolute Gasteiger partial charge is 0.383 e. The predicted octanol–water partition coefficient (Wildman–Crippen LogP) is 2.14. The normalized spacial score (nSPS) is 13.9. The molecule has 0 aliphatic heterocycles. The number of thiocarbonyl (C=S) groups is 1. The minimum atomic E-state index is 0.139. The molecular weight excluding hydrogens is 372 g/mol. The van der Waals surface area contributed by atoms with Gasteiger partial charge in [-0.2, -0.15) is 0 Å². The lowest BCUT2D eigenvalue weighted by Gasteiger charge is -2.15. The molecule has 1 aromatic heterocycles. The number of anilines is 1. The summed E-state index contributed by atoms with van der Waals surface area (Å²) in [4.78, 5) is 13.8. The third-order valence-electron chi connectivity index (χ3n) is 4.38. The molecule has 1 aromatic carbocycles. The molecule has 148 valence electrons. The van der Waals surface area contributed by atoms with Gasteiger partial charge in [0.15, 0.2) is 5.11 Å². The lowest BCUT2D eigenvalue weighted by atomic mass is 10.1. The number of methoxy groups -OCH3 is 1. The first-order valence-electron chi connectivity index (χ1n) is 9.31. The summed E-state index contributed by atoms with van der Waals surface area (Å²) in [6.45, 7) is 5.06. The van der Waals surface area contributed by atoms with E-state index in [1.54, 1.807) is 7.11 Å². The van der Waals surface area contributed by atoms with Gasteiger partial charge in [0.25, 0.3) is 0 Å². The Balaban J connectivity index is 1.75. The number of rotatable bonds is 5. The summed E-state index contributed by atoms with van der Waals surface area (Å²) in [7, 11) is 1.65. The van der Waals surface area contributed by atoms with Crippen LogP contribution in [0, 0.1) is 13.8 Å². The average molecular weight is 399 g/mol. The number of benzene rings is 1. The van der Waals surface area contributed by atoms with Gasteiger partial charge in [0.1, 0.15) is 0 Å². The number of hydrogen-bond acceptors (Lipinski definition) is 5. The fraction of sp³-hybridized carbons (Fsp3) is 0.400. The number of ether oxygens (including phenoxy) is 1. The molecule has 3 rings (SSSR count). The number of hydrogen-bond donors (Lipinski definition) is 3. The van der Waals surface area contributed by atoms with Gasteiger partial charge in [-0.05, 0) is 56.1 Å². The molecule has 7 nitrogen and oxygen atoms in total. The van der Waals surface area contributed by atoms with Crippen LogP contribution in [-0.2, 0) is 17.6 Å². The first kappa shape index (κ1) is 20.2. The first-order valence-corrected chi connectivity index (χ1v) is 9.72. The van der Waals surface area contributed by atoms with Gasteiger partial charge in [0, 0.05) is 25.0 Å². The van der Waals surface area contributed by atoms with Crippen LogP contribution in [0.4, 0.5) is 5.95 Å². The van der Waals surface area contributed by atoms with Crippen molar-refractivity contribution in [3.8, 4) is 0 Å². The molecule has 0 saturated carbocycles. The third-order valence-corrected chi connectivity index (χ3v) is 4.62. The molecule has 1 aliphatic carbocycles. The van der Waals surface area contributed by atoms with Crippen molar-refractivity contribution in [2.45, 2.75) is 32.7 Å². The Hall–Kier alpha value is -2.58. The Morgan fingerprint density at radius 1 is 1.18 bits per heavy atom. The van der Waals surface area contributed by atoms with Crippen LogP contribution in [0.1, 0.15) is 22.5 Å². The maximum atomic E-state index is 5.38. The monoisotopic (exact) mass is 398 g/mol. The van der Waals surface area contributed by atoms with Gasteiger partial charge in [-0.3, -0.25) is 5.32 Å². The average Bonchev–Trinajstić information content (AvgIpc) is 3.03. The molecule has 0 spiro atoms. The topological polar surface area (TPSA) is 83.5 Å². The van der Waals surface area contributed by atoms with Gasteiger partial charge < -0.3 is 15.4 Å². The summed E-state index contributed by atoms with van der Waals surface area (Å²) < 4.78 is 5.05. The van der Waals surface area contributed by atoms with Crippen LogP contribution in [0.5, 0.6) is 0 Å². The molecule has 0 radical (unpaired) electrons. The zero-order chi connectivity index (χ0) is 19.9. The second-order valence-electron chi connectivity index (χ2n) is 6.78. The Morgan fingerprint density at radius 2 is 1.82 bits per heavy atom. The van der Waals surface area contributed by atoms with Crippen LogP contribution < -0.4 is 16.0 Å². The highest BCUT2D eigenvalue weighted by atomic mass is 32.1. The van der Waals surface area contributed by atoms with Gasteiger partial charge in [-0.1, -0.05) is 24.3 Å². The molecular formula is C20H26N6OS. The number of aryl methyl sites for hydroxylation is 2. The number of aromatic nitrogens is 2. The van der Waals surface area contributed by atoms with E-state index in [0.717, 1.165) is 24.2 Å². The zero-order valence-corrected chi connectivity index (χ0v) is 17.3. The summed E-state index contributed by atoms with van der Waals surface area (Å²) >= 11 is 5.38. The highest BCUT2D eigenvalue weighted by molar-refractivity contribution is 7.80. The van der Waals surface area contributed by atoms with Crippen LogP contribution >= 0.6 is 12.2 Å². The Labute approximate surface area is 171 Å². The van der Waals surface area contributed by atoms with Crippen molar-refractivity contribution in [2.75, 3.05) is 25.6 Å². The van der Waals surface area contributed by atoms with Crippen molar-refractivity contribution in [1.82, 2.24) is 20.6 Å². The van der Waals surface area contributed by atoms with Crippen LogP contribution in [-0.4, -0.2) is 47.3 Å². The molecule has 0 unspecified atom stereocenters. The van der Waals surface area contributed by atoms with E-state index < -0.39 is 0 Å². The quantitative estimate of drug-likeness (QED) is 0.308. The standard InChI is InChI=1S/C20H26N6OS/c1-13-10-14(2)23-18(22-13)25-19(26-20(28)21-8-9-27-3)24-17-11-15-6-4-5-7-16(15)12-17/h4-7,10,17H,8-9,11-12H2,1-3H3,(H3,21,22,23,24,25,26,28). The maximum Gasteiger partial charge on any atom is 0.229 e. The maximum absolute atomic E-state index is 5.38. The van der Waals surface area contributed by atoms with E-state index in [4.69, 9.17) is 21.9 Å². The summed E-state index contributed by atoms with van der Waals surface area (Å²) in [5, 5.41) is 9.91. The molecule has 2 aromatic rings. The summed E-state index contributed by atoms with van der Waals surface area (Å²) in [6.07, 6.45) is 1.81. The van der Waals surface area contributed by atoms with Gasteiger partial charge in [0.2, 0.25) is 11.9 Å². The zero-order valence-electron chi connectivity index (χ0n) is 16.5. The van der Waals surface area contributed by atoms with E-state index in [9.17, 15) is 0 Å². The molecule has 1 heterocycles. The Kier molecular flexibility index (Phi) is 6.89. The molecule has 0 saturated heterocycles. The molecule has 8 heteroatoms. The fourth-order valence-electron chi connectivity index (χ4n) is 3.21. The van der Waals surface area contributed by atoms with Gasteiger partial charge in [0.05, 0.1) is 12.6 Å². The lowest BCUT2D eigenvalue weighted by molar-refractivity contribution is 0.204. The van der Waals surface area contributed by atoms with Crippen molar-refractivity contribution in [2.24, 2.45) is 4.99 Å². The van der Waals surface area contributed by atoms with E-state index in [1.807, 2.05) is 19.9 Å². The predicted molar refractivity (Wildman–Crippen MR) is 116 cm³/mol. The molecule has 0 atom stereocenters. The van der Waals surface area contributed by atoms with Crippen molar-refractivity contribution in [3.05, 3.63) is 52.8 Å². The van der Waals surface area contributed by atoms with Crippen molar-refractivity contribution in [3.63, 3.8) is 0 Å². The minimum Gasteiger partial charge on any atom is -0.383 e. The van der Waals surface area contributed by atoms with Crippen LogP contribution in [0.2, 0.25) is 0 Å². The van der Waals surface area contributed by atoms with E-state index in [-0.39, 0.29) is 6.04 Å². The fourth-order valence-corrected chi connectivity index (χ4v) is 3.41. The van der Waals surface area contributed by atoms with Crippen molar-refractivity contribution in [1.29, 1.82) is 0 Å². The summed E-state index contributed by atoms with van der Waals surface area (Å²) in [5.74, 6) is 1.04. The van der Waals surface area contributed by atoms with Crippen LogP contribution in [0.3, 0.4) is 0 Å². The summed E-state index contributed by atoms with van der Waals surface area (Å²) in [6, 6.07) is 10.5. The lowest BCUT2D eigenvalue weighted by Crippen LogP contribution is -2.44.